The van der Waals surface area contributed by atoms with Gasteiger partial charge in [-0.05, 0) is 18.1 Å². The minimum absolute atomic E-state index is 0.0898. The maximum Gasteiger partial charge on any atom is 0.318 e. The summed E-state index contributed by atoms with van der Waals surface area (Å²) in [6.07, 6.45) is 7.54. The molecule has 0 aromatic carbocycles. The van der Waals surface area contributed by atoms with Crippen LogP contribution >= 0.6 is 0 Å². The Hall–Kier alpha value is -2.63. The summed E-state index contributed by atoms with van der Waals surface area (Å²) in [5.74, 6) is 1.01. The second kappa shape index (κ2) is 6.64. The molecule has 2 aromatic rings. The molecule has 0 fully saturated rings. The van der Waals surface area contributed by atoms with Crippen LogP contribution in [-0.2, 0) is 6.54 Å². The van der Waals surface area contributed by atoms with Gasteiger partial charge >= 0.3 is 6.03 Å². The van der Waals surface area contributed by atoms with Gasteiger partial charge in [0.25, 0.3) is 0 Å². The normalized spacial score (nSPS) is 17.0. The lowest BCUT2D eigenvalue weighted by molar-refractivity contribution is 0.184. The largest absolute Gasteiger partial charge is 0.359 e. The summed E-state index contributed by atoms with van der Waals surface area (Å²) >= 11 is 0. The molecule has 0 radical (unpaired) electrons. The van der Waals surface area contributed by atoms with Gasteiger partial charge < -0.3 is 14.7 Å². The molecule has 0 saturated carbocycles. The van der Waals surface area contributed by atoms with E-state index >= 15 is 0 Å². The van der Waals surface area contributed by atoms with Crippen LogP contribution in [0.2, 0.25) is 0 Å². The highest BCUT2D eigenvalue weighted by molar-refractivity contribution is 5.75. The number of carbonyl (C=O) groups is 1. The lowest BCUT2D eigenvalue weighted by atomic mass is 10.1. The van der Waals surface area contributed by atoms with Crippen LogP contribution in [0.25, 0.3) is 11.3 Å². The monoisotopic (exact) mass is 312 g/mol. The quantitative estimate of drug-likeness (QED) is 0.881. The highest BCUT2D eigenvalue weighted by atomic mass is 16.5. The summed E-state index contributed by atoms with van der Waals surface area (Å²) in [7, 11) is 0. The third-order valence-corrected chi connectivity index (χ3v) is 3.87. The number of rotatable bonds is 4. The molecule has 120 valence electrons. The molecule has 1 aliphatic rings. The minimum atomic E-state index is -0.0898. The molecule has 1 aliphatic heterocycles. The molecule has 1 N–H and O–H groups in total. The number of amides is 2. The molecule has 3 rings (SSSR count). The molecule has 3 heterocycles. The van der Waals surface area contributed by atoms with E-state index in [2.05, 4.69) is 35.4 Å². The van der Waals surface area contributed by atoms with Crippen LogP contribution in [0, 0.1) is 5.92 Å². The molecule has 1 atom stereocenters. The summed E-state index contributed by atoms with van der Waals surface area (Å²) in [5.41, 5.74) is 1.60. The Balaban J connectivity index is 1.59. The summed E-state index contributed by atoms with van der Waals surface area (Å²) in [6.45, 7) is 5.17. The van der Waals surface area contributed by atoms with E-state index in [4.69, 9.17) is 4.52 Å². The van der Waals surface area contributed by atoms with Crippen molar-refractivity contribution in [1.82, 2.24) is 20.4 Å². The number of urea groups is 1. The first-order valence-corrected chi connectivity index (χ1v) is 7.72. The van der Waals surface area contributed by atoms with Crippen LogP contribution in [-0.4, -0.2) is 33.7 Å². The maximum absolute atomic E-state index is 12.3. The second-order valence-electron chi connectivity index (χ2n) is 5.89. The smallest absolute Gasteiger partial charge is 0.318 e. The SMILES string of the molecule is CC(C)[C@@H]1C=CCN1C(=O)NCc1cc(-c2cccnc2)no1. The van der Waals surface area contributed by atoms with Gasteiger partial charge in [-0.2, -0.15) is 0 Å². The molecule has 0 spiro atoms. The molecule has 23 heavy (non-hydrogen) atoms. The van der Waals surface area contributed by atoms with Gasteiger partial charge in [0.05, 0.1) is 12.6 Å². The number of aromatic nitrogens is 2. The van der Waals surface area contributed by atoms with Gasteiger partial charge in [0.1, 0.15) is 5.69 Å². The first-order chi connectivity index (χ1) is 11.1. The zero-order chi connectivity index (χ0) is 16.2. The van der Waals surface area contributed by atoms with Crippen molar-refractivity contribution in [2.24, 2.45) is 5.92 Å². The van der Waals surface area contributed by atoms with Crippen molar-refractivity contribution in [2.75, 3.05) is 6.54 Å². The van der Waals surface area contributed by atoms with Gasteiger partial charge in [-0.3, -0.25) is 4.98 Å². The Morgan fingerprint density at radius 1 is 1.52 bits per heavy atom. The van der Waals surface area contributed by atoms with Crippen molar-refractivity contribution in [3.05, 3.63) is 48.5 Å². The van der Waals surface area contributed by atoms with Gasteiger partial charge in [0.15, 0.2) is 5.76 Å². The number of hydrogen-bond acceptors (Lipinski definition) is 4. The molecule has 6 nitrogen and oxygen atoms in total. The lowest BCUT2D eigenvalue weighted by Crippen LogP contribution is -2.44. The van der Waals surface area contributed by atoms with E-state index in [1.165, 1.54) is 0 Å². The van der Waals surface area contributed by atoms with E-state index in [1.807, 2.05) is 29.2 Å². The van der Waals surface area contributed by atoms with Gasteiger partial charge in [0.2, 0.25) is 0 Å². The Kier molecular flexibility index (Phi) is 4.41. The summed E-state index contributed by atoms with van der Waals surface area (Å²) in [5, 5.41) is 6.90. The third-order valence-electron chi connectivity index (χ3n) is 3.87. The van der Waals surface area contributed by atoms with E-state index in [0.717, 1.165) is 5.56 Å². The van der Waals surface area contributed by atoms with Crippen LogP contribution in [0.3, 0.4) is 0 Å². The Morgan fingerprint density at radius 2 is 2.39 bits per heavy atom. The van der Waals surface area contributed by atoms with E-state index < -0.39 is 0 Å². The standard InChI is InChI=1S/C17H20N4O2/c1-12(2)16-6-4-8-21(16)17(22)19-11-14-9-15(20-23-14)13-5-3-7-18-10-13/h3-7,9-10,12,16H,8,11H2,1-2H3,(H,19,22)/t16-/m0/s1. The number of pyridine rings is 1. The van der Waals surface area contributed by atoms with Crippen molar-refractivity contribution >= 4 is 6.03 Å². The van der Waals surface area contributed by atoms with Crippen molar-refractivity contribution < 1.29 is 9.32 Å². The molecular formula is C17H20N4O2. The fourth-order valence-corrected chi connectivity index (χ4v) is 2.65. The van der Waals surface area contributed by atoms with Gasteiger partial charge in [-0.15, -0.1) is 0 Å². The first-order valence-electron chi connectivity index (χ1n) is 7.72. The van der Waals surface area contributed by atoms with Crippen LogP contribution in [0.1, 0.15) is 19.6 Å². The van der Waals surface area contributed by atoms with Gasteiger partial charge in [0, 0.05) is 30.6 Å². The average molecular weight is 312 g/mol. The Labute approximate surface area is 135 Å². The molecule has 2 amide bonds. The second-order valence-corrected chi connectivity index (χ2v) is 5.89. The minimum Gasteiger partial charge on any atom is -0.359 e. The highest BCUT2D eigenvalue weighted by Gasteiger charge is 2.26. The van der Waals surface area contributed by atoms with Crippen molar-refractivity contribution in [2.45, 2.75) is 26.4 Å². The van der Waals surface area contributed by atoms with Crippen molar-refractivity contribution in [1.29, 1.82) is 0 Å². The van der Waals surface area contributed by atoms with E-state index in [9.17, 15) is 4.79 Å². The number of nitrogens with zero attached hydrogens (tertiary/aromatic N) is 3. The molecule has 0 unspecified atom stereocenters. The number of carbonyl (C=O) groups excluding carboxylic acids is 1. The molecular weight excluding hydrogens is 292 g/mol. The predicted molar refractivity (Wildman–Crippen MR) is 86.4 cm³/mol. The van der Waals surface area contributed by atoms with Crippen LogP contribution in [0.5, 0.6) is 0 Å². The fourth-order valence-electron chi connectivity index (χ4n) is 2.65. The lowest BCUT2D eigenvalue weighted by Gasteiger charge is -2.27. The highest BCUT2D eigenvalue weighted by Crippen LogP contribution is 2.19. The molecule has 0 bridgehead atoms. The molecule has 6 heteroatoms. The van der Waals surface area contributed by atoms with Gasteiger partial charge in [-0.25, -0.2) is 4.79 Å². The van der Waals surface area contributed by atoms with E-state index in [0.29, 0.717) is 30.5 Å². The van der Waals surface area contributed by atoms with Crippen LogP contribution in [0.4, 0.5) is 4.79 Å². The van der Waals surface area contributed by atoms with Crippen LogP contribution in [0.15, 0.2) is 47.3 Å². The summed E-state index contributed by atoms with van der Waals surface area (Å²) < 4.78 is 5.28. The summed E-state index contributed by atoms with van der Waals surface area (Å²) in [6, 6.07) is 5.64. The topological polar surface area (TPSA) is 71.3 Å². The first kappa shape index (κ1) is 15.3. The van der Waals surface area contributed by atoms with Crippen LogP contribution < -0.4 is 5.32 Å². The number of hydrogen-bond donors (Lipinski definition) is 1. The average Bonchev–Trinajstić information content (AvgIpc) is 3.23. The number of nitrogens with one attached hydrogen (secondary N) is 1. The maximum atomic E-state index is 12.3. The molecule has 2 aromatic heterocycles. The third kappa shape index (κ3) is 3.41. The van der Waals surface area contributed by atoms with E-state index in [1.54, 1.807) is 12.4 Å². The molecule has 0 saturated heterocycles. The Bertz CT molecular complexity index is 694. The molecule has 0 aliphatic carbocycles. The van der Waals surface area contributed by atoms with Crippen molar-refractivity contribution in [3.8, 4) is 11.3 Å². The zero-order valence-corrected chi connectivity index (χ0v) is 13.3. The zero-order valence-electron chi connectivity index (χ0n) is 13.3. The fraction of sp³-hybridized carbons (Fsp3) is 0.353. The van der Waals surface area contributed by atoms with Gasteiger partial charge in [-0.1, -0.05) is 31.2 Å². The van der Waals surface area contributed by atoms with Crippen molar-refractivity contribution in [3.63, 3.8) is 0 Å². The Morgan fingerprint density at radius 3 is 3.13 bits per heavy atom. The van der Waals surface area contributed by atoms with E-state index in [-0.39, 0.29) is 12.1 Å². The summed E-state index contributed by atoms with van der Waals surface area (Å²) in [4.78, 5) is 18.2. The predicted octanol–water partition coefficient (Wildman–Crippen LogP) is 2.84.